The molecule has 1 aromatic rings. The summed E-state index contributed by atoms with van der Waals surface area (Å²) in [6.45, 7) is 0. The molecule has 1 aromatic carbocycles. The number of nitrogens with two attached hydrogens (primary N) is 2. The molecule has 0 aromatic heterocycles. The lowest BCUT2D eigenvalue weighted by molar-refractivity contribution is 0.216. The second-order valence-electron chi connectivity index (χ2n) is 5.33. The molecular weight excluding hydrogens is 208 g/mol. The van der Waals surface area contributed by atoms with E-state index in [1.54, 1.807) is 0 Å². The van der Waals surface area contributed by atoms with E-state index in [0.717, 1.165) is 12.3 Å². The SMILES string of the molecule is NC(N)C(Cc1ccccc1)C1CCCCC1. The fourth-order valence-corrected chi connectivity index (χ4v) is 3.07. The number of hydrogen-bond acceptors (Lipinski definition) is 2. The topological polar surface area (TPSA) is 52.0 Å². The molecule has 0 heterocycles. The van der Waals surface area contributed by atoms with Crippen LogP contribution in [0.3, 0.4) is 0 Å². The van der Waals surface area contributed by atoms with E-state index in [4.69, 9.17) is 11.5 Å². The van der Waals surface area contributed by atoms with Crippen LogP contribution < -0.4 is 11.5 Å². The van der Waals surface area contributed by atoms with Crippen LogP contribution in [0, 0.1) is 11.8 Å². The Kier molecular flexibility index (Phi) is 4.57. The normalized spacial score (nSPS) is 19.5. The van der Waals surface area contributed by atoms with Gasteiger partial charge in [0, 0.05) is 0 Å². The first kappa shape index (κ1) is 12.6. The van der Waals surface area contributed by atoms with Crippen LogP contribution >= 0.6 is 0 Å². The van der Waals surface area contributed by atoms with Crippen molar-refractivity contribution in [3.05, 3.63) is 35.9 Å². The van der Waals surface area contributed by atoms with E-state index in [1.807, 2.05) is 0 Å². The maximum atomic E-state index is 5.99. The molecule has 1 saturated carbocycles. The number of benzene rings is 1. The van der Waals surface area contributed by atoms with Gasteiger partial charge in [-0.2, -0.15) is 0 Å². The maximum absolute atomic E-state index is 5.99. The molecule has 2 rings (SSSR count). The minimum atomic E-state index is -0.182. The van der Waals surface area contributed by atoms with Gasteiger partial charge in [0.1, 0.15) is 0 Å². The predicted molar refractivity (Wildman–Crippen MR) is 72.4 cm³/mol. The van der Waals surface area contributed by atoms with Crippen molar-refractivity contribution in [2.45, 2.75) is 44.7 Å². The summed E-state index contributed by atoms with van der Waals surface area (Å²) in [7, 11) is 0. The lowest BCUT2D eigenvalue weighted by atomic mass is 9.76. The van der Waals surface area contributed by atoms with Gasteiger partial charge in [0.05, 0.1) is 6.17 Å². The van der Waals surface area contributed by atoms with Crippen molar-refractivity contribution in [1.82, 2.24) is 0 Å². The highest BCUT2D eigenvalue weighted by Crippen LogP contribution is 2.32. The first-order chi connectivity index (χ1) is 8.27. The predicted octanol–water partition coefficient (Wildman–Crippen LogP) is 2.67. The van der Waals surface area contributed by atoms with Crippen LogP contribution in [0.4, 0.5) is 0 Å². The first-order valence-corrected chi connectivity index (χ1v) is 6.82. The van der Waals surface area contributed by atoms with Gasteiger partial charge in [-0.3, -0.25) is 0 Å². The van der Waals surface area contributed by atoms with Crippen LogP contribution in [0.25, 0.3) is 0 Å². The molecule has 1 fully saturated rings. The summed E-state index contributed by atoms with van der Waals surface area (Å²) in [5.41, 5.74) is 13.4. The largest absolute Gasteiger partial charge is 0.316 e. The second kappa shape index (κ2) is 6.18. The number of rotatable bonds is 4. The van der Waals surface area contributed by atoms with E-state index in [0.29, 0.717) is 5.92 Å². The molecule has 0 amide bonds. The summed E-state index contributed by atoms with van der Waals surface area (Å²) in [4.78, 5) is 0. The Bertz CT molecular complexity index is 315. The van der Waals surface area contributed by atoms with Gasteiger partial charge in [-0.05, 0) is 23.8 Å². The molecule has 0 saturated heterocycles. The summed E-state index contributed by atoms with van der Waals surface area (Å²) in [5, 5.41) is 0. The second-order valence-corrected chi connectivity index (χ2v) is 5.33. The highest BCUT2D eigenvalue weighted by molar-refractivity contribution is 5.15. The molecule has 1 atom stereocenters. The maximum Gasteiger partial charge on any atom is 0.0555 e. The Labute approximate surface area is 104 Å². The van der Waals surface area contributed by atoms with E-state index in [-0.39, 0.29) is 6.17 Å². The molecule has 2 nitrogen and oxygen atoms in total. The summed E-state index contributed by atoms with van der Waals surface area (Å²) < 4.78 is 0. The van der Waals surface area contributed by atoms with Gasteiger partial charge < -0.3 is 11.5 Å². The molecule has 0 aliphatic heterocycles. The van der Waals surface area contributed by atoms with Gasteiger partial charge in [-0.1, -0.05) is 62.4 Å². The fourth-order valence-electron chi connectivity index (χ4n) is 3.07. The minimum Gasteiger partial charge on any atom is -0.316 e. The minimum absolute atomic E-state index is 0.182. The Morgan fingerprint density at radius 1 is 1.00 bits per heavy atom. The number of hydrogen-bond donors (Lipinski definition) is 2. The van der Waals surface area contributed by atoms with Crippen LogP contribution in [-0.2, 0) is 6.42 Å². The van der Waals surface area contributed by atoms with Gasteiger partial charge in [0.2, 0.25) is 0 Å². The van der Waals surface area contributed by atoms with Crippen LogP contribution in [-0.4, -0.2) is 6.17 Å². The zero-order valence-electron chi connectivity index (χ0n) is 10.5. The van der Waals surface area contributed by atoms with Gasteiger partial charge in [0.15, 0.2) is 0 Å². The Morgan fingerprint density at radius 3 is 2.24 bits per heavy atom. The van der Waals surface area contributed by atoms with Gasteiger partial charge in [-0.15, -0.1) is 0 Å². The van der Waals surface area contributed by atoms with Crippen molar-refractivity contribution in [3.8, 4) is 0 Å². The standard InChI is InChI=1S/C15H24N2/c16-15(17)14(13-9-5-2-6-10-13)11-12-7-3-1-4-8-12/h1,3-4,7-8,13-15H,2,5-6,9-11,16-17H2. The third kappa shape index (κ3) is 3.55. The zero-order chi connectivity index (χ0) is 12.1. The van der Waals surface area contributed by atoms with Crippen LogP contribution in [0.15, 0.2) is 30.3 Å². The summed E-state index contributed by atoms with van der Waals surface area (Å²) in [6.07, 6.45) is 7.55. The highest BCUT2D eigenvalue weighted by Gasteiger charge is 2.26. The third-order valence-electron chi connectivity index (χ3n) is 4.06. The molecule has 0 bridgehead atoms. The van der Waals surface area contributed by atoms with Crippen LogP contribution in [0.1, 0.15) is 37.7 Å². The fraction of sp³-hybridized carbons (Fsp3) is 0.600. The van der Waals surface area contributed by atoms with Crippen LogP contribution in [0.2, 0.25) is 0 Å². The summed E-state index contributed by atoms with van der Waals surface area (Å²) >= 11 is 0. The van der Waals surface area contributed by atoms with Gasteiger partial charge in [-0.25, -0.2) is 0 Å². The summed E-state index contributed by atoms with van der Waals surface area (Å²) in [6, 6.07) is 10.6. The Morgan fingerprint density at radius 2 is 1.65 bits per heavy atom. The molecule has 2 heteroatoms. The smallest absolute Gasteiger partial charge is 0.0555 e. The van der Waals surface area contributed by atoms with Crippen molar-refractivity contribution in [1.29, 1.82) is 0 Å². The molecule has 1 unspecified atom stereocenters. The third-order valence-corrected chi connectivity index (χ3v) is 4.06. The molecule has 1 aliphatic carbocycles. The molecule has 4 N–H and O–H groups in total. The van der Waals surface area contributed by atoms with Crippen LogP contribution in [0.5, 0.6) is 0 Å². The molecule has 0 radical (unpaired) electrons. The van der Waals surface area contributed by atoms with Crippen molar-refractivity contribution >= 4 is 0 Å². The van der Waals surface area contributed by atoms with E-state index in [1.165, 1.54) is 37.7 Å². The van der Waals surface area contributed by atoms with Gasteiger partial charge >= 0.3 is 0 Å². The van der Waals surface area contributed by atoms with E-state index < -0.39 is 0 Å². The molecular formula is C15H24N2. The lowest BCUT2D eigenvalue weighted by Gasteiger charge is -2.32. The monoisotopic (exact) mass is 232 g/mol. The van der Waals surface area contributed by atoms with Crippen molar-refractivity contribution in [3.63, 3.8) is 0 Å². The lowest BCUT2D eigenvalue weighted by Crippen LogP contribution is -2.44. The van der Waals surface area contributed by atoms with Gasteiger partial charge in [0.25, 0.3) is 0 Å². The van der Waals surface area contributed by atoms with Crippen molar-refractivity contribution in [2.24, 2.45) is 23.3 Å². The Balaban J connectivity index is 2.01. The average molecular weight is 232 g/mol. The van der Waals surface area contributed by atoms with E-state index >= 15 is 0 Å². The quantitative estimate of drug-likeness (QED) is 0.784. The average Bonchev–Trinajstić information content (AvgIpc) is 2.38. The van der Waals surface area contributed by atoms with E-state index in [9.17, 15) is 0 Å². The Hall–Kier alpha value is -0.860. The molecule has 0 spiro atoms. The van der Waals surface area contributed by atoms with E-state index in [2.05, 4.69) is 30.3 Å². The molecule has 17 heavy (non-hydrogen) atoms. The van der Waals surface area contributed by atoms with Crippen molar-refractivity contribution in [2.75, 3.05) is 0 Å². The van der Waals surface area contributed by atoms with Crippen molar-refractivity contribution < 1.29 is 0 Å². The molecule has 94 valence electrons. The highest BCUT2D eigenvalue weighted by atomic mass is 14.9. The summed E-state index contributed by atoms with van der Waals surface area (Å²) in [5.74, 6) is 1.17. The molecule has 1 aliphatic rings. The first-order valence-electron chi connectivity index (χ1n) is 6.82. The zero-order valence-corrected chi connectivity index (χ0v) is 10.5.